The summed E-state index contributed by atoms with van der Waals surface area (Å²) in [6.07, 6.45) is 4.06. The van der Waals surface area contributed by atoms with E-state index in [0.29, 0.717) is 6.54 Å². The van der Waals surface area contributed by atoms with E-state index < -0.39 is 0 Å². The second-order valence-electron chi connectivity index (χ2n) is 2.92. The van der Waals surface area contributed by atoms with Crippen molar-refractivity contribution < 1.29 is 4.79 Å². The van der Waals surface area contributed by atoms with Gasteiger partial charge in [-0.15, -0.1) is 0 Å². The zero-order chi connectivity index (χ0) is 9.68. The van der Waals surface area contributed by atoms with Crippen LogP contribution in [0.15, 0.2) is 18.5 Å². The summed E-state index contributed by atoms with van der Waals surface area (Å²) in [5.74, 6) is -0.324. The third kappa shape index (κ3) is 3.29. The summed E-state index contributed by atoms with van der Waals surface area (Å²) in [7, 11) is 0. The third-order valence-corrected chi connectivity index (χ3v) is 1.81. The molecule has 1 heterocycles. The zero-order valence-corrected chi connectivity index (χ0v) is 7.79. The largest absolute Gasteiger partial charge is 0.369 e. The van der Waals surface area contributed by atoms with Gasteiger partial charge in [0.1, 0.15) is 0 Å². The molecule has 1 aromatic heterocycles. The quantitative estimate of drug-likeness (QED) is 0.676. The predicted octanol–water partition coefficient (Wildman–Crippen LogP) is 0.0829. The van der Waals surface area contributed by atoms with E-state index >= 15 is 0 Å². The lowest BCUT2D eigenvalue weighted by molar-refractivity contribution is -0.117. The SMILES string of the molecule is CCn1ccc(CNCC(N)=O)c1. The summed E-state index contributed by atoms with van der Waals surface area (Å²) < 4.78 is 2.08. The minimum Gasteiger partial charge on any atom is -0.369 e. The fourth-order valence-electron chi connectivity index (χ4n) is 1.12. The molecule has 1 rings (SSSR count). The first-order chi connectivity index (χ1) is 6.22. The van der Waals surface area contributed by atoms with E-state index in [9.17, 15) is 4.79 Å². The van der Waals surface area contributed by atoms with E-state index in [2.05, 4.69) is 16.8 Å². The lowest BCUT2D eigenvalue weighted by atomic mass is 10.3. The molecule has 1 aromatic rings. The van der Waals surface area contributed by atoms with Gasteiger partial charge in [0.15, 0.2) is 0 Å². The number of carbonyl (C=O) groups is 1. The van der Waals surface area contributed by atoms with E-state index in [4.69, 9.17) is 5.73 Å². The van der Waals surface area contributed by atoms with E-state index in [-0.39, 0.29) is 12.5 Å². The molecule has 0 bridgehead atoms. The normalized spacial score (nSPS) is 10.2. The number of hydrogen-bond acceptors (Lipinski definition) is 2. The lowest BCUT2D eigenvalue weighted by Crippen LogP contribution is -2.27. The number of amides is 1. The summed E-state index contributed by atoms with van der Waals surface area (Å²) in [6.45, 7) is 3.98. The van der Waals surface area contributed by atoms with Gasteiger partial charge in [-0.3, -0.25) is 4.79 Å². The number of aromatic nitrogens is 1. The zero-order valence-electron chi connectivity index (χ0n) is 7.79. The highest BCUT2D eigenvalue weighted by Crippen LogP contribution is 1.99. The smallest absolute Gasteiger partial charge is 0.231 e. The number of carbonyl (C=O) groups excluding carboxylic acids is 1. The van der Waals surface area contributed by atoms with Gasteiger partial charge in [-0.1, -0.05) is 0 Å². The van der Waals surface area contributed by atoms with Crippen molar-refractivity contribution in [2.75, 3.05) is 6.54 Å². The van der Waals surface area contributed by atoms with Gasteiger partial charge in [0.05, 0.1) is 6.54 Å². The van der Waals surface area contributed by atoms with Crippen LogP contribution in [0.25, 0.3) is 0 Å². The molecule has 1 amide bonds. The van der Waals surface area contributed by atoms with Gasteiger partial charge in [-0.05, 0) is 18.6 Å². The molecule has 72 valence electrons. The van der Waals surface area contributed by atoms with Crippen LogP contribution in [0.2, 0.25) is 0 Å². The van der Waals surface area contributed by atoms with Gasteiger partial charge in [0.25, 0.3) is 0 Å². The summed E-state index contributed by atoms with van der Waals surface area (Å²) in [5, 5.41) is 2.95. The number of aryl methyl sites for hydroxylation is 1. The first-order valence-electron chi connectivity index (χ1n) is 4.36. The molecule has 0 aliphatic heterocycles. The molecule has 4 nitrogen and oxygen atoms in total. The van der Waals surface area contributed by atoms with Gasteiger partial charge in [-0.2, -0.15) is 0 Å². The van der Waals surface area contributed by atoms with Crippen LogP contribution in [-0.4, -0.2) is 17.0 Å². The summed E-state index contributed by atoms with van der Waals surface area (Å²) >= 11 is 0. The van der Waals surface area contributed by atoms with E-state index in [1.54, 1.807) is 0 Å². The molecule has 0 saturated carbocycles. The van der Waals surface area contributed by atoms with Gasteiger partial charge >= 0.3 is 0 Å². The Labute approximate surface area is 77.7 Å². The first kappa shape index (κ1) is 9.80. The third-order valence-electron chi connectivity index (χ3n) is 1.81. The Morgan fingerprint density at radius 3 is 3.00 bits per heavy atom. The molecule has 0 fully saturated rings. The highest BCUT2D eigenvalue weighted by Gasteiger charge is 1.96. The number of hydrogen-bond donors (Lipinski definition) is 2. The Morgan fingerprint density at radius 2 is 2.46 bits per heavy atom. The molecular formula is C9H15N3O. The molecule has 4 heteroatoms. The summed E-state index contributed by atoms with van der Waals surface area (Å²) in [5.41, 5.74) is 6.15. The molecule has 0 radical (unpaired) electrons. The molecule has 0 atom stereocenters. The Morgan fingerprint density at radius 1 is 1.69 bits per heavy atom. The second-order valence-corrected chi connectivity index (χ2v) is 2.92. The highest BCUT2D eigenvalue weighted by molar-refractivity contribution is 5.75. The minimum atomic E-state index is -0.324. The molecule has 0 saturated heterocycles. The van der Waals surface area contributed by atoms with E-state index in [1.807, 2.05) is 18.5 Å². The number of rotatable bonds is 5. The van der Waals surface area contributed by atoms with Crippen molar-refractivity contribution >= 4 is 5.91 Å². The maximum Gasteiger partial charge on any atom is 0.231 e. The minimum absolute atomic E-state index is 0.233. The number of nitrogens with one attached hydrogen (secondary N) is 1. The van der Waals surface area contributed by atoms with Crippen LogP contribution in [0.4, 0.5) is 0 Å². The molecule has 0 aliphatic carbocycles. The van der Waals surface area contributed by atoms with Crippen LogP contribution in [0.3, 0.4) is 0 Å². The summed E-state index contributed by atoms with van der Waals surface area (Å²) in [6, 6.07) is 2.03. The lowest BCUT2D eigenvalue weighted by Gasteiger charge is -1.98. The van der Waals surface area contributed by atoms with Gasteiger partial charge < -0.3 is 15.6 Å². The molecule has 3 N–H and O–H groups in total. The van der Waals surface area contributed by atoms with Crippen molar-refractivity contribution in [1.29, 1.82) is 0 Å². The van der Waals surface area contributed by atoms with Gasteiger partial charge in [-0.25, -0.2) is 0 Å². The number of primary amides is 1. The van der Waals surface area contributed by atoms with Gasteiger partial charge in [0.2, 0.25) is 5.91 Å². The molecule has 0 unspecified atom stereocenters. The fraction of sp³-hybridized carbons (Fsp3) is 0.444. The van der Waals surface area contributed by atoms with Crippen LogP contribution in [-0.2, 0) is 17.9 Å². The standard InChI is InChI=1S/C9H15N3O/c1-2-12-4-3-8(7-12)5-11-6-9(10)13/h3-4,7,11H,2,5-6H2,1H3,(H2,10,13). The molecule has 13 heavy (non-hydrogen) atoms. The van der Waals surface area contributed by atoms with Crippen molar-refractivity contribution in [2.24, 2.45) is 5.73 Å². The Bertz CT molecular complexity index is 280. The van der Waals surface area contributed by atoms with Crippen molar-refractivity contribution in [2.45, 2.75) is 20.0 Å². The van der Waals surface area contributed by atoms with Crippen LogP contribution in [0.1, 0.15) is 12.5 Å². The molecule has 0 spiro atoms. The Hall–Kier alpha value is -1.29. The molecule has 0 aliphatic rings. The number of nitrogens with zero attached hydrogens (tertiary/aromatic N) is 1. The second kappa shape index (κ2) is 4.67. The average molecular weight is 181 g/mol. The van der Waals surface area contributed by atoms with Crippen LogP contribution in [0, 0.1) is 0 Å². The van der Waals surface area contributed by atoms with Gasteiger partial charge in [0, 0.05) is 25.5 Å². The maximum atomic E-state index is 10.4. The monoisotopic (exact) mass is 181 g/mol. The Balaban J connectivity index is 2.32. The highest BCUT2D eigenvalue weighted by atomic mass is 16.1. The average Bonchev–Trinajstić information content (AvgIpc) is 2.52. The van der Waals surface area contributed by atoms with E-state index in [0.717, 1.165) is 6.54 Å². The van der Waals surface area contributed by atoms with Crippen molar-refractivity contribution in [3.63, 3.8) is 0 Å². The van der Waals surface area contributed by atoms with Crippen molar-refractivity contribution in [3.8, 4) is 0 Å². The predicted molar refractivity (Wildman–Crippen MR) is 51.0 cm³/mol. The Kier molecular flexibility index (Phi) is 3.52. The first-order valence-corrected chi connectivity index (χ1v) is 4.36. The van der Waals surface area contributed by atoms with Crippen molar-refractivity contribution in [3.05, 3.63) is 24.0 Å². The number of nitrogens with two attached hydrogens (primary N) is 1. The topological polar surface area (TPSA) is 60.1 Å². The summed E-state index contributed by atoms with van der Waals surface area (Å²) in [4.78, 5) is 10.4. The van der Waals surface area contributed by atoms with Crippen LogP contribution in [0.5, 0.6) is 0 Å². The molecule has 0 aromatic carbocycles. The van der Waals surface area contributed by atoms with Crippen molar-refractivity contribution in [1.82, 2.24) is 9.88 Å². The molecular weight excluding hydrogens is 166 g/mol. The fourth-order valence-corrected chi connectivity index (χ4v) is 1.12. The van der Waals surface area contributed by atoms with E-state index in [1.165, 1.54) is 5.56 Å². The van der Waals surface area contributed by atoms with Crippen LogP contribution < -0.4 is 11.1 Å². The maximum absolute atomic E-state index is 10.4. The van der Waals surface area contributed by atoms with Crippen LogP contribution >= 0.6 is 0 Å².